The van der Waals surface area contributed by atoms with E-state index in [-0.39, 0.29) is 11.7 Å². The Morgan fingerprint density at radius 1 is 1.05 bits per heavy atom. The maximum absolute atomic E-state index is 13.3. The minimum Gasteiger partial charge on any atom is -0.454 e. The Bertz CT molecular complexity index is 1770. The lowest BCUT2D eigenvalue weighted by Gasteiger charge is -2.28. The van der Waals surface area contributed by atoms with Gasteiger partial charge in [-0.1, -0.05) is 30.3 Å². The molecule has 10 heteroatoms. The third kappa shape index (κ3) is 4.84. The zero-order chi connectivity index (χ0) is 27.9. The summed E-state index contributed by atoms with van der Waals surface area (Å²) in [6, 6.07) is 21.7. The summed E-state index contributed by atoms with van der Waals surface area (Å²) in [5.41, 5.74) is 4.70. The maximum Gasteiger partial charge on any atom is 0.256 e. The maximum atomic E-state index is 13.3. The Kier molecular flexibility index (Phi) is 6.80. The van der Waals surface area contributed by atoms with Crippen molar-refractivity contribution in [2.75, 3.05) is 18.7 Å². The first-order valence-corrected chi connectivity index (χ1v) is 15.0. The molecule has 0 saturated heterocycles. The van der Waals surface area contributed by atoms with E-state index < -0.39 is 15.9 Å². The van der Waals surface area contributed by atoms with Crippen molar-refractivity contribution in [3.8, 4) is 17.6 Å². The molecular formula is C30H25N3O5S2. The van der Waals surface area contributed by atoms with Crippen molar-refractivity contribution >= 4 is 32.3 Å². The Morgan fingerprint density at radius 3 is 2.58 bits per heavy atom. The molecule has 0 saturated carbocycles. The van der Waals surface area contributed by atoms with Crippen LogP contribution >= 0.6 is 11.3 Å². The van der Waals surface area contributed by atoms with Crippen LogP contribution in [0.3, 0.4) is 0 Å². The third-order valence-corrected chi connectivity index (χ3v) is 10.3. The predicted molar refractivity (Wildman–Crippen MR) is 151 cm³/mol. The number of carbonyl (C=O) groups is 1. The molecular weight excluding hydrogens is 546 g/mol. The fraction of sp³-hybridized carbons (Fsp3) is 0.200. The number of sulfonamides is 1. The standard InChI is InChI=1S/C30H25N3O5S2/c1-19-25(16-31)30(39-28(19)15-20-6-11-26-27(14-20)38-18-37-26)32-29(34)22-7-9-24(10-8-22)40(35,36)33-13-12-21-4-2-3-5-23(21)17-33/h2-11,14H,12-13,15,17-18H2,1H3,(H,32,34). The number of carbonyl (C=O) groups excluding carboxylic acids is 1. The van der Waals surface area contributed by atoms with Crippen LogP contribution in [-0.2, 0) is 29.4 Å². The van der Waals surface area contributed by atoms with Gasteiger partial charge in [-0.05, 0) is 72.0 Å². The van der Waals surface area contributed by atoms with Crippen LogP contribution in [0.1, 0.15) is 43.1 Å². The van der Waals surface area contributed by atoms with Crippen molar-refractivity contribution in [1.82, 2.24) is 4.31 Å². The lowest BCUT2D eigenvalue weighted by molar-refractivity contribution is 0.102. The molecule has 1 aromatic heterocycles. The number of nitrogens with zero attached hydrogens (tertiary/aromatic N) is 2. The van der Waals surface area contributed by atoms with Gasteiger partial charge in [-0.15, -0.1) is 11.3 Å². The van der Waals surface area contributed by atoms with Gasteiger partial charge < -0.3 is 14.8 Å². The number of hydrogen-bond donors (Lipinski definition) is 1. The Balaban J connectivity index is 1.17. The highest BCUT2D eigenvalue weighted by atomic mass is 32.2. The number of thiophene rings is 1. The molecule has 40 heavy (non-hydrogen) atoms. The summed E-state index contributed by atoms with van der Waals surface area (Å²) in [5, 5.41) is 13.1. The second-order valence-corrected chi connectivity index (χ2v) is 12.7. The van der Waals surface area contributed by atoms with E-state index in [1.165, 1.54) is 45.5 Å². The lowest BCUT2D eigenvalue weighted by atomic mass is 10.0. The molecule has 0 unspecified atom stereocenters. The number of anilines is 1. The minimum absolute atomic E-state index is 0.138. The molecule has 0 radical (unpaired) electrons. The monoisotopic (exact) mass is 571 g/mol. The summed E-state index contributed by atoms with van der Waals surface area (Å²) in [6.45, 7) is 2.80. The highest BCUT2D eigenvalue weighted by molar-refractivity contribution is 7.89. The molecule has 3 aromatic carbocycles. The van der Waals surface area contributed by atoms with Crippen molar-refractivity contribution in [3.05, 3.63) is 105 Å². The van der Waals surface area contributed by atoms with Crippen molar-refractivity contribution in [2.45, 2.75) is 31.2 Å². The molecule has 0 atom stereocenters. The van der Waals surface area contributed by atoms with Gasteiger partial charge >= 0.3 is 0 Å². The van der Waals surface area contributed by atoms with E-state index in [1.807, 2.05) is 49.4 Å². The first-order chi connectivity index (χ1) is 19.3. The summed E-state index contributed by atoms with van der Waals surface area (Å²) in [7, 11) is -3.71. The number of fused-ring (bicyclic) bond motifs is 2. The third-order valence-electron chi connectivity index (χ3n) is 7.24. The second kappa shape index (κ2) is 10.4. The molecule has 3 heterocycles. The summed E-state index contributed by atoms with van der Waals surface area (Å²) in [4.78, 5) is 14.2. The van der Waals surface area contributed by atoms with Crippen LogP contribution in [-0.4, -0.2) is 32.0 Å². The number of nitrogens with one attached hydrogen (secondary N) is 1. The molecule has 0 fully saturated rings. The van der Waals surface area contributed by atoms with Gasteiger partial charge in [-0.3, -0.25) is 4.79 Å². The van der Waals surface area contributed by atoms with Gasteiger partial charge in [0.25, 0.3) is 5.91 Å². The molecule has 4 aromatic rings. The molecule has 0 aliphatic carbocycles. The predicted octanol–water partition coefficient (Wildman–Crippen LogP) is 5.25. The minimum atomic E-state index is -3.71. The fourth-order valence-electron chi connectivity index (χ4n) is 4.97. The number of amides is 1. The summed E-state index contributed by atoms with van der Waals surface area (Å²) >= 11 is 1.35. The number of nitriles is 1. The molecule has 0 bridgehead atoms. The number of rotatable bonds is 6. The Hall–Kier alpha value is -4.17. The smallest absolute Gasteiger partial charge is 0.256 e. The van der Waals surface area contributed by atoms with E-state index in [4.69, 9.17) is 9.47 Å². The van der Waals surface area contributed by atoms with Crippen LogP contribution in [0.4, 0.5) is 5.00 Å². The highest BCUT2D eigenvalue weighted by Gasteiger charge is 2.28. The molecule has 2 aliphatic rings. The normalized spacial score (nSPS) is 14.4. The molecule has 6 rings (SSSR count). The van der Waals surface area contributed by atoms with Crippen LogP contribution in [0.25, 0.3) is 0 Å². The van der Waals surface area contributed by atoms with Crippen LogP contribution in [0.15, 0.2) is 71.6 Å². The summed E-state index contributed by atoms with van der Waals surface area (Å²) < 4.78 is 38.9. The van der Waals surface area contributed by atoms with Gasteiger partial charge in [0, 0.05) is 30.0 Å². The van der Waals surface area contributed by atoms with E-state index in [2.05, 4.69) is 11.4 Å². The van der Waals surface area contributed by atoms with Gasteiger partial charge in [0.05, 0.1) is 10.5 Å². The lowest BCUT2D eigenvalue weighted by Crippen LogP contribution is -2.35. The van der Waals surface area contributed by atoms with Crippen LogP contribution in [0.5, 0.6) is 11.5 Å². The average molecular weight is 572 g/mol. The second-order valence-electron chi connectivity index (χ2n) is 9.67. The van der Waals surface area contributed by atoms with Gasteiger partial charge in [0.2, 0.25) is 16.8 Å². The van der Waals surface area contributed by atoms with Gasteiger partial charge in [0.15, 0.2) is 11.5 Å². The SMILES string of the molecule is Cc1c(Cc2ccc3c(c2)OCO3)sc(NC(=O)c2ccc(S(=O)(=O)N3CCc4ccccc4C3)cc2)c1C#N. The van der Waals surface area contributed by atoms with Gasteiger partial charge in [-0.2, -0.15) is 9.57 Å². The molecule has 0 spiro atoms. The molecule has 8 nitrogen and oxygen atoms in total. The average Bonchev–Trinajstić information content (AvgIpc) is 3.56. The van der Waals surface area contributed by atoms with Crippen molar-refractivity contribution in [3.63, 3.8) is 0 Å². The largest absolute Gasteiger partial charge is 0.454 e. The fourth-order valence-corrected chi connectivity index (χ4v) is 7.57. The zero-order valence-electron chi connectivity index (χ0n) is 21.6. The van der Waals surface area contributed by atoms with Gasteiger partial charge in [0.1, 0.15) is 11.1 Å². The molecule has 202 valence electrons. The van der Waals surface area contributed by atoms with Crippen LogP contribution in [0.2, 0.25) is 0 Å². The summed E-state index contributed by atoms with van der Waals surface area (Å²) in [6.07, 6.45) is 1.24. The van der Waals surface area contributed by atoms with E-state index >= 15 is 0 Å². The molecule has 2 aliphatic heterocycles. The van der Waals surface area contributed by atoms with E-state index in [0.717, 1.165) is 21.6 Å². The Labute approximate surface area is 236 Å². The summed E-state index contributed by atoms with van der Waals surface area (Å²) in [5.74, 6) is 0.983. The van der Waals surface area contributed by atoms with Crippen LogP contribution < -0.4 is 14.8 Å². The number of benzene rings is 3. The Morgan fingerprint density at radius 2 is 1.80 bits per heavy atom. The zero-order valence-corrected chi connectivity index (χ0v) is 23.3. The molecule has 1 N–H and O–H groups in total. The quantitative estimate of drug-likeness (QED) is 0.339. The van der Waals surface area contributed by atoms with Gasteiger partial charge in [-0.25, -0.2) is 8.42 Å². The number of ether oxygens (including phenoxy) is 2. The van der Waals surface area contributed by atoms with Crippen molar-refractivity contribution < 1.29 is 22.7 Å². The van der Waals surface area contributed by atoms with Crippen LogP contribution in [0, 0.1) is 18.3 Å². The van der Waals surface area contributed by atoms with Crippen molar-refractivity contribution in [2.24, 2.45) is 0 Å². The first-order valence-electron chi connectivity index (χ1n) is 12.7. The van der Waals surface area contributed by atoms with Crippen molar-refractivity contribution in [1.29, 1.82) is 5.26 Å². The van der Waals surface area contributed by atoms with E-state index in [0.29, 0.717) is 53.6 Å². The topological polar surface area (TPSA) is 109 Å². The highest BCUT2D eigenvalue weighted by Crippen LogP contribution is 2.37. The van der Waals surface area contributed by atoms with E-state index in [1.54, 1.807) is 0 Å². The molecule has 1 amide bonds. The van der Waals surface area contributed by atoms with E-state index in [9.17, 15) is 18.5 Å². The number of hydrogen-bond acceptors (Lipinski definition) is 7. The first kappa shape index (κ1) is 26.1.